The average Bonchev–Trinajstić information content (AvgIpc) is 3.82. The van der Waals surface area contributed by atoms with Crippen LogP contribution in [0.3, 0.4) is 0 Å². The van der Waals surface area contributed by atoms with Crippen LogP contribution in [0, 0.1) is 6.57 Å². The number of para-hydroxylation sites is 1. The molecule has 51 heavy (non-hydrogen) atoms. The number of pyridine rings is 1. The predicted molar refractivity (Wildman–Crippen MR) is 205 cm³/mol. The number of nitrogens with zero attached hydrogens (tertiary/aromatic N) is 5. The molecule has 6 aromatic carbocycles. The van der Waals surface area contributed by atoms with Gasteiger partial charge in [-0.3, -0.25) is 4.57 Å². The Hall–Kier alpha value is -7.23. The fourth-order valence-electron chi connectivity index (χ4n) is 6.88. The molecule has 0 aliphatic carbocycles. The Morgan fingerprint density at radius 2 is 1.27 bits per heavy atom. The zero-order valence-corrected chi connectivity index (χ0v) is 27.4. The van der Waals surface area contributed by atoms with Crippen molar-refractivity contribution in [2.45, 2.75) is 0 Å². The van der Waals surface area contributed by atoms with Gasteiger partial charge in [0.2, 0.25) is 0 Å². The summed E-state index contributed by atoms with van der Waals surface area (Å²) < 4.78 is 10.5. The Morgan fingerprint density at radius 1 is 0.569 bits per heavy atom. The molecule has 9 rings (SSSR count). The van der Waals surface area contributed by atoms with E-state index in [1.807, 2.05) is 77.7 Å². The molecule has 0 fully saturated rings. The molecule has 0 aliphatic heterocycles. The first kappa shape index (κ1) is 29.9. The van der Waals surface area contributed by atoms with Crippen molar-refractivity contribution in [1.29, 1.82) is 0 Å². The number of hydrogen-bond acceptors (Lipinski definition) is 3. The Bertz CT molecular complexity index is 2670. The van der Waals surface area contributed by atoms with Crippen molar-refractivity contribution < 1.29 is 4.74 Å². The summed E-state index contributed by atoms with van der Waals surface area (Å²) in [5.41, 5.74) is 9.79. The molecule has 0 N–H and O–H groups in total. The van der Waals surface area contributed by atoms with E-state index in [4.69, 9.17) is 16.4 Å². The van der Waals surface area contributed by atoms with Crippen LogP contribution in [0.25, 0.3) is 71.5 Å². The molecule has 0 unspecified atom stereocenters. The summed E-state index contributed by atoms with van der Waals surface area (Å²) in [4.78, 5) is 8.43. The van der Waals surface area contributed by atoms with Crippen molar-refractivity contribution in [3.63, 3.8) is 0 Å². The number of rotatable bonds is 7. The van der Waals surface area contributed by atoms with Gasteiger partial charge in [-0.15, -0.1) is 0 Å². The summed E-state index contributed by atoms with van der Waals surface area (Å²) in [6, 6.07) is 53.1. The molecule has 0 radical (unpaired) electrons. The van der Waals surface area contributed by atoms with Gasteiger partial charge in [0.15, 0.2) is 5.69 Å². The van der Waals surface area contributed by atoms with Gasteiger partial charge in [0.1, 0.15) is 17.3 Å². The SMILES string of the molecule is [C-]#[N+]c1cc(Oc2ccc3c4ccccc4n(-c4ccccn4)c3c2)cc(-n2cc(-c3c(-c4ccccc4)cccc3-c3ccccc3)cn2)c1. The lowest BCUT2D eigenvalue weighted by Crippen LogP contribution is -1.97. The molecule has 0 spiro atoms. The molecule has 3 heterocycles. The second kappa shape index (κ2) is 12.7. The number of aromatic nitrogens is 4. The van der Waals surface area contributed by atoms with Crippen LogP contribution in [0.1, 0.15) is 0 Å². The fourth-order valence-corrected chi connectivity index (χ4v) is 6.88. The van der Waals surface area contributed by atoms with E-state index in [2.05, 4.69) is 105 Å². The van der Waals surface area contributed by atoms with Gasteiger partial charge < -0.3 is 4.74 Å². The van der Waals surface area contributed by atoms with Gasteiger partial charge in [-0.25, -0.2) is 14.5 Å². The van der Waals surface area contributed by atoms with E-state index in [0.717, 1.165) is 66.7 Å². The van der Waals surface area contributed by atoms with Crippen molar-refractivity contribution >= 4 is 27.5 Å². The van der Waals surface area contributed by atoms with Gasteiger partial charge in [-0.2, -0.15) is 5.10 Å². The average molecular weight is 656 g/mol. The van der Waals surface area contributed by atoms with Gasteiger partial charge in [0.25, 0.3) is 0 Å². The van der Waals surface area contributed by atoms with E-state index in [1.165, 1.54) is 0 Å². The van der Waals surface area contributed by atoms with E-state index >= 15 is 0 Å². The molecular formula is C45H29N5O. The lowest BCUT2D eigenvalue weighted by molar-refractivity contribution is 0.483. The second-order valence-electron chi connectivity index (χ2n) is 12.3. The Morgan fingerprint density at radius 3 is 2.00 bits per heavy atom. The maximum atomic E-state index is 7.89. The second-order valence-corrected chi connectivity index (χ2v) is 12.3. The molecule has 6 nitrogen and oxygen atoms in total. The summed E-state index contributed by atoms with van der Waals surface area (Å²) in [7, 11) is 0. The van der Waals surface area contributed by atoms with Crippen molar-refractivity contribution in [3.8, 4) is 56.4 Å². The van der Waals surface area contributed by atoms with Crippen molar-refractivity contribution in [1.82, 2.24) is 19.3 Å². The molecule has 0 saturated carbocycles. The van der Waals surface area contributed by atoms with E-state index in [-0.39, 0.29) is 0 Å². The predicted octanol–water partition coefficient (Wildman–Crippen LogP) is 11.7. The maximum Gasteiger partial charge on any atom is 0.193 e. The minimum absolute atomic E-state index is 0.456. The molecule has 0 aliphatic rings. The standard InChI is InChI=1S/C45H29N5O/c1-46-34-25-35(49-30-33(29-48-49)45-38(31-13-4-2-5-14-31)18-12-19-39(45)32-15-6-3-7-16-32)27-37(26-34)51-36-22-23-41-40-17-8-9-20-42(40)50(43(41)28-36)44-21-10-11-24-47-44/h2-30H. The summed E-state index contributed by atoms with van der Waals surface area (Å²) in [6.45, 7) is 7.89. The van der Waals surface area contributed by atoms with Gasteiger partial charge in [-0.1, -0.05) is 103 Å². The zero-order chi connectivity index (χ0) is 34.1. The van der Waals surface area contributed by atoms with Crippen LogP contribution in [-0.4, -0.2) is 19.3 Å². The highest BCUT2D eigenvalue weighted by atomic mass is 16.5. The largest absolute Gasteiger partial charge is 0.459 e. The minimum atomic E-state index is 0.456. The molecule has 0 amide bonds. The zero-order valence-electron chi connectivity index (χ0n) is 27.4. The van der Waals surface area contributed by atoms with Crippen LogP contribution in [0.2, 0.25) is 0 Å². The molecule has 240 valence electrons. The maximum absolute atomic E-state index is 7.89. The van der Waals surface area contributed by atoms with Gasteiger partial charge in [0.05, 0.1) is 29.5 Å². The third-order valence-electron chi connectivity index (χ3n) is 9.13. The summed E-state index contributed by atoms with van der Waals surface area (Å²) in [5, 5.41) is 7.06. The monoisotopic (exact) mass is 655 g/mol. The summed E-state index contributed by atoms with van der Waals surface area (Å²) in [5.74, 6) is 2.03. The van der Waals surface area contributed by atoms with Gasteiger partial charge in [-0.05, 0) is 64.7 Å². The van der Waals surface area contributed by atoms with Crippen molar-refractivity contribution in [3.05, 3.63) is 188 Å². The highest BCUT2D eigenvalue weighted by Gasteiger charge is 2.17. The van der Waals surface area contributed by atoms with Crippen LogP contribution in [-0.2, 0) is 0 Å². The molecule has 0 bridgehead atoms. The summed E-state index contributed by atoms with van der Waals surface area (Å²) in [6.07, 6.45) is 5.72. The Balaban J connectivity index is 1.12. The van der Waals surface area contributed by atoms with Crippen LogP contribution in [0.5, 0.6) is 11.5 Å². The van der Waals surface area contributed by atoms with Crippen molar-refractivity contribution in [2.75, 3.05) is 0 Å². The normalized spacial score (nSPS) is 11.1. The van der Waals surface area contributed by atoms with Gasteiger partial charge in [0, 0.05) is 46.4 Å². The number of fused-ring (bicyclic) bond motifs is 3. The molecule has 0 saturated heterocycles. The van der Waals surface area contributed by atoms with Crippen LogP contribution >= 0.6 is 0 Å². The number of hydrogen-bond donors (Lipinski definition) is 0. The summed E-state index contributed by atoms with van der Waals surface area (Å²) >= 11 is 0. The third kappa shape index (κ3) is 5.49. The van der Waals surface area contributed by atoms with E-state index < -0.39 is 0 Å². The van der Waals surface area contributed by atoms with Crippen molar-refractivity contribution in [2.24, 2.45) is 0 Å². The molecule has 0 atom stereocenters. The Labute approximate surface area is 294 Å². The van der Waals surface area contributed by atoms with Crippen LogP contribution in [0.4, 0.5) is 5.69 Å². The topological polar surface area (TPSA) is 49.2 Å². The molecule has 6 heteroatoms. The highest BCUT2D eigenvalue weighted by Crippen LogP contribution is 2.41. The van der Waals surface area contributed by atoms with Gasteiger partial charge >= 0.3 is 0 Å². The first-order valence-electron chi connectivity index (χ1n) is 16.7. The molecule has 3 aromatic heterocycles. The minimum Gasteiger partial charge on any atom is -0.459 e. The Kier molecular flexibility index (Phi) is 7.42. The van der Waals surface area contributed by atoms with E-state index in [0.29, 0.717) is 17.2 Å². The number of ether oxygens (including phenoxy) is 1. The lowest BCUT2D eigenvalue weighted by Gasteiger charge is -2.15. The fraction of sp³-hybridized carbons (Fsp3) is 0. The first-order valence-corrected chi connectivity index (χ1v) is 16.7. The third-order valence-corrected chi connectivity index (χ3v) is 9.13. The molecule has 9 aromatic rings. The van der Waals surface area contributed by atoms with E-state index in [1.54, 1.807) is 12.3 Å². The quantitative estimate of drug-likeness (QED) is 0.161. The van der Waals surface area contributed by atoms with Crippen LogP contribution < -0.4 is 4.74 Å². The smallest absolute Gasteiger partial charge is 0.193 e. The first-order chi connectivity index (χ1) is 25.2. The number of benzene rings is 6. The van der Waals surface area contributed by atoms with E-state index in [9.17, 15) is 0 Å². The lowest BCUT2D eigenvalue weighted by atomic mass is 9.89. The molecular weight excluding hydrogens is 627 g/mol. The van der Waals surface area contributed by atoms with Crippen LogP contribution in [0.15, 0.2) is 176 Å². The highest BCUT2D eigenvalue weighted by molar-refractivity contribution is 6.09.